The standard InChI is InChI=1S/C15H27N3S/c1-5-12-13(11-16-6-2)19-14(17-12)18-9-7-15(3,4)8-10-18/h16H,5-11H2,1-4H3. The minimum Gasteiger partial charge on any atom is -0.348 e. The molecule has 2 rings (SSSR count). The molecule has 1 aromatic heterocycles. The molecule has 0 atom stereocenters. The third kappa shape index (κ3) is 3.69. The summed E-state index contributed by atoms with van der Waals surface area (Å²) >= 11 is 1.88. The average Bonchev–Trinajstić information content (AvgIpc) is 2.79. The van der Waals surface area contributed by atoms with Crippen molar-refractivity contribution in [3.05, 3.63) is 10.6 Å². The van der Waals surface area contributed by atoms with E-state index < -0.39 is 0 Å². The summed E-state index contributed by atoms with van der Waals surface area (Å²) in [5, 5.41) is 4.66. The molecule has 1 aliphatic rings. The third-order valence-electron chi connectivity index (χ3n) is 4.02. The van der Waals surface area contributed by atoms with Crippen LogP contribution < -0.4 is 10.2 Å². The number of nitrogens with zero attached hydrogens (tertiary/aromatic N) is 2. The highest BCUT2D eigenvalue weighted by Crippen LogP contribution is 2.34. The molecule has 1 fully saturated rings. The second kappa shape index (κ2) is 6.23. The van der Waals surface area contributed by atoms with Crippen molar-refractivity contribution in [3.63, 3.8) is 0 Å². The third-order valence-corrected chi connectivity index (χ3v) is 5.18. The van der Waals surface area contributed by atoms with Gasteiger partial charge in [-0.3, -0.25) is 0 Å². The fraction of sp³-hybridized carbons (Fsp3) is 0.800. The number of hydrogen-bond acceptors (Lipinski definition) is 4. The lowest BCUT2D eigenvalue weighted by Crippen LogP contribution is -2.37. The van der Waals surface area contributed by atoms with Gasteiger partial charge in [0, 0.05) is 24.5 Å². The summed E-state index contributed by atoms with van der Waals surface area (Å²) in [6.07, 6.45) is 3.59. The molecule has 1 aromatic rings. The predicted octanol–water partition coefficient (Wildman–Crippen LogP) is 3.44. The Labute approximate surface area is 121 Å². The number of aromatic nitrogens is 1. The zero-order valence-corrected chi connectivity index (χ0v) is 13.6. The van der Waals surface area contributed by atoms with Crippen molar-refractivity contribution in [2.45, 2.75) is 53.5 Å². The van der Waals surface area contributed by atoms with Gasteiger partial charge in [-0.25, -0.2) is 4.98 Å². The van der Waals surface area contributed by atoms with Crippen LogP contribution in [0, 0.1) is 5.41 Å². The lowest BCUT2D eigenvalue weighted by molar-refractivity contribution is 0.279. The summed E-state index contributed by atoms with van der Waals surface area (Å²) in [6, 6.07) is 0. The van der Waals surface area contributed by atoms with E-state index in [0.29, 0.717) is 5.41 Å². The first-order valence-electron chi connectivity index (χ1n) is 7.50. The van der Waals surface area contributed by atoms with E-state index in [-0.39, 0.29) is 0 Å². The van der Waals surface area contributed by atoms with Gasteiger partial charge < -0.3 is 10.2 Å². The first-order chi connectivity index (χ1) is 9.05. The summed E-state index contributed by atoms with van der Waals surface area (Å²) in [5.41, 5.74) is 1.79. The SMILES string of the molecule is CCNCc1sc(N2CCC(C)(C)CC2)nc1CC. The van der Waals surface area contributed by atoms with Crippen LogP contribution in [0.3, 0.4) is 0 Å². The molecule has 19 heavy (non-hydrogen) atoms. The van der Waals surface area contributed by atoms with E-state index >= 15 is 0 Å². The molecule has 0 aromatic carbocycles. The molecule has 0 saturated carbocycles. The maximum atomic E-state index is 4.86. The molecule has 1 saturated heterocycles. The van der Waals surface area contributed by atoms with Gasteiger partial charge in [-0.05, 0) is 31.2 Å². The van der Waals surface area contributed by atoms with E-state index in [0.717, 1.165) is 32.6 Å². The molecule has 1 N–H and O–H groups in total. The van der Waals surface area contributed by atoms with Gasteiger partial charge in [-0.15, -0.1) is 11.3 Å². The average molecular weight is 281 g/mol. The normalized spacial score (nSPS) is 18.8. The summed E-state index contributed by atoms with van der Waals surface area (Å²) < 4.78 is 0. The van der Waals surface area contributed by atoms with Crippen LogP contribution in [-0.2, 0) is 13.0 Å². The summed E-state index contributed by atoms with van der Waals surface area (Å²) in [7, 11) is 0. The first kappa shape index (κ1) is 14.8. The molecule has 0 unspecified atom stereocenters. The zero-order valence-electron chi connectivity index (χ0n) is 12.8. The number of anilines is 1. The Morgan fingerprint density at radius 2 is 1.95 bits per heavy atom. The smallest absolute Gasteiger partial charge is 0.185 e. The largest absolute Gasteiger partial charge is 0.348 e. The highest BCUT2D eigenvalue weighted by atomic mass is 32.1. The molecular formula is C15H27N3S. The number of rotatable bonds is 5. The molecule has 108 valence electrons. The van der Waals surface area contributed by atoms with Crippen LogP contribution in [0.25, 0.3) is 0 Å². The lowest BCUT2D eigenvalue weighted by atomic mass is 9.83. The number of piperidine rings is 1. The van der Waals surface area contributed by atoms with Gasteiger partial charge in [0.05, 0.1) is 5.69 Å². The maximum Gasteiger partial charge on any atom is 0.185 e. The number of thiazole rings is 1. The van der Waals surface area contributed by atoms with Crippen molar-refractivity contribution in [1.82, 2.24) is 10.3 Å². The van der Waals surface area contributed by atoms with Gasteiger partial charge in [0.2, 0.25) is 0 Å². The Kier molecular flexibility index (Phi) is 4.85. The Morgan fingerprint density at radius 3 is 2.53 bits per heavy atom. The fourth-order valence-corrected chi connectivity index (χ4v) is 3.63. The van der Waals surface area contributed by atoms with Crippen LogP contribution in [-0.4, -0.2) is 24.6 Å². The van der Waals surface area contributed by atoms with E-state index in [2.05, 4.69) is 37.9 Å². The molecule has 0 amide bonds. The minimum absolute atomic E-state index is 0.508. The molecule has 0 radical (unpaired) electrons. The van der Waals surface area contributed by atoms with E-state index in [9.17, 15) is 0 Å². The number of aryl methyl sites for hydroxylation is 1. The van der Waals surface area contributed by atoms with Gasteiger partial charge in [-0.2, -0.15) is 0 Å². The van der Waals surface area contributed by atoms with E-state index in [1.165, 1.54) is 28.5 Å². The Morgan fingerprint density at radius 1 is 1.26 bits per heavy atom. The van der Waals surface area contributed by atoms with Crippen molar-refractivity contribution in [3.8, 4) is 0 Å². The monoisotopic (exact) mass is 281 g/mol. The van der Waals surface area contributed by atoms with Crippen molar-refractivity contribution in [2.75, 3.05) is 24.5 Å². The first-order valence-corrected chi connectivity index (χ1v) is 8.31. The molecule has 2 heterocycles. The molecule has 0 bridgehead atoms. The second-order valence-electron chi connectivity index (χ2n) is 6.15. The summed E-state index contributed by atoms with van der Waals surface area (Å²) in [5.74, 6) is 0. The molecule has 0 aliphatic carbocycles. The Hall–Kier alpha value is -0.610. The van der Waals surface area contributed by atoms with Crippen molar-refractivity contribution < 1.29 is 0 Å². The quantitative estimate of drug-likeness (QED) is 0.896. The molecule has 1 aliphatic heterocycles. The van der Waals surface area contributed by atoms with E-state index in [4.69, 9.17) is 4.98 Å². The molecule has 4 heteroatoms. The number of nitrogens with one attached hydrogen (secondary N) is 1. The van der Waals surface area contributed by atoms with Gasteiger partial charge in [0.15, 0.2) is 5.13 Å². The molecule has 3 nitrogen and oxygen atoms in total. The Bertz CT molecular complexity index is 402. The van der Waals surface area contributed by atoms with Crippen LogP contribution in [0.2, 0.25) is 0 Å². The summed E-state index contributed by atoms with van der Waals surface area (Å²) in [4.78, 5) is 8.75. The van der Waals surface area contributed by atoms with Crippen LogP contribution in [0.4, 0.5) is 5.13 Å². The lowest BCUT2D eigenvalue weighted by Gasteiger charge is -2.36. The molecule has 0 spiro atoms. The minimum atomic E-state index is 0.508. The highest BCUT2D eigenvalue weighted by molar-refractivity contribution is 7.15. The van der Waals surface area contributed by atoms with Crippen LogP contribution in [0.1, 0.15) is 51.1 Å². The fourth-order valence-electron chi connectivity index (χ4n) is 2.46. The van der Waals surface area contributed by atoms with Gasteiger partial charge in [0.1, 0.15) is 0 Å². The van der Waals surface area contributed by atoms with E-state index in [1.54, 1.807) is 0 Å². The van der Waals surface area contributed by atoms with Gasteiger partial charge in [0.25, 0.3) is 0 Å². The highest BCUT2D eigenvalue weighted by Gasteiger charge is 2.27. The van der Waals surface area contributed by atoms with Crippen LogP contribution >= 0.6 is 11.3 Å². The van der Waals surface area contributed by atoms with Crippen molar-refractivity contribution >= 4 is 16.5 Å². The predicted molar refractivity (Wildman–Crippen MR) is 84.1 cm³/mol. The Balaban J connectivity index is 2.06. The van der Waals surface area contributed by atoms with Crippen LogP contribution in [0.5, 0.6) is 0 Å². The summed E-state index contributed by atoms with van der Waals surface area (Å²) in [6.45, 7) is 13.4. The second-order valence-corrected chi connectivity index (χ2v) is 7.21. The topological polar surface area (TPSA) is 28.2 Å². The number of hydrogen-bond donors (Lipinski definition) is 1. The zero-order chi connectivity index (χ0) is 13.9. The van der Waals surface area contributed by atoms with E-state index in [1.807, 2.05) is 11.3 Å². The maximum absolute atomic E-state index is 4.86. The van der Waals surface area contributed by atoms with Crippen molar-refractivity contribution in [1.29, 1.82) is 0 Å². The van der Waals surface area contributed by atoms with Crippen molar-refractivity contribution in [2.24, 2.45) is 5.41 Å². The molecular weight excluding hydrogens is 254 g/mol. The van der Waals surface area contributed by atoms with Gasteiger partial charge >= 0.3 is 0 Å². The van der Waals surface area contributed by atoms with Crippen LogP contribution in [0.15, 0.2) is 0 Å². The van der Waals surface area contributed by atoms with Gasteiger partial charge in [-0.1, -0.05) is 27.7 Å².